The molecule has 17 heavy (non-hydrogen) atoms. The Kier molecular flexibility index (Phi) is 2.82. The molecular formula is C10H11N5O2. The minimum atomic E-state index is -0.551. The smallest absolute Gasteiger partial charge is 0.361 e. The van der Waals surface area contributed by atoms with Crippen LogP contribution in [0.1, 0.15) is 22.0 Å². The molecular weight excluding hydrogens is 222 g/mol. The molecule has 0 aliphatic rings. The van der Waals surface area contributed by atoms with Crippen LogP contribution in [-0.2, 0) is 4.74 Å². The van der Waals surface area contributed by atoms with E-state index in [2.05, 4.69) is 26.9 Å². The van der Waals surface area contributed by atoms with E-state index in [1.807, 2.05) is 0 Å². The largest absolute Gasteiger partial charge is 0.457 e. The fraction of sp³-hybridized carbons (Fsp3) is 0.300. The number of aryl methyl sites for hydroxylation is 2. The molecule has 0 radical (unpaired) electrons. The van der Waals surface area contributed by atoms with Crippen molar-refractivity contribution in [3.05, 3.63) is 29.9 Å². The first-order valence-corrected chi connectivity index (χ1v) is 4.98. The van der Waals surface area contributed by atoms with Gasteiger partial charge in [-0.25, -0.2) is 4.79 Å². The van der Waals surface area contributed by atoms with Gasteiger partial charge in [0.05, 0.1) is 5.69 Å². The second-order valence-corrected chi connectivity index (χ2v) is 3.39. The lowest BCUT2D eigenvalue weighted by molar-refractivity contribution is 0.0539. The molecule has 88 valence electrons. The standard InChI is InChI=1S/C10H11N5O2/c1-4-5-17-9(16)8-6(2)15-10(13-12-8)11-7(3)14-15/h4H,1,5H2,2-3H3. The highest BCUT2D eigenvalue weighted by atomic mass is 16.5. The molecule has 0 bridgehead atoms. The monoisotopic (exact) mass is 233 g/mol. The van der Waals surface area contributed by atoms with E-state index in [9.17, 15) is 4.79 Å². The summed E-state index contributed by atoms with van der Waals surface area (Å²) in [4.78, 5) is 15.7. The Bertz CT molecular complexity index is 590. The average molecular weight is 233 g/mol. The second kappa shape index (κ2) is 4.28. The molecule has 7 nitrogen and oxygen atoms in total. The molecule has 0 saturated carbocycles. The SMILES string of the molecule is C=CCOC(=O)c1nnc2nc(C)nn2c1C. The lowest BCUT2D eigenvalue weighted by Crippen LogP contribution is -2.14. The van der Waals surface area contributed by atoms with Crippen LogP contribution in [0.3, 0.4) is 0 Å². The Morgan fingerprint density at radius 3 is 2.94 bits per heavy atom. The fourth-order valence-corrected chi connectivity index (χ4v) is 1.35. The van der Waals surface area contributed by atoms with Crippen molar-refractivity contribution in [2.45, 2.75) is 13.8 Å². The maximum atomic E-state index is 11.6. The summed E-state index contributed by atoms with van der Waals surface area (Å²) in [7, 11) is 0. The number of ether oxygens (including phenoxy) is 1. The highest BCUT2D eigenvalue weighted by Crippen LogP contribution is 2.07. The lowest BCUT2D eigenvalue weighted by atomic mass is 10.3. The third-order valence-electron chi connectivity index (χ3n) is 2.12. The zero-order valence-corrected chi connectivity index (χ0v) is 9.54. The number of esters is 1. The first-order chi connectivity index (χ1) is 8.13. The van der Waals surface area contributed by atoms with Gasteiger partial charge in [0, 0.05) is 0 Å². The molecule has 0 amide bonds. The van der Waals surface area contributed by atoms with E-state index in [1.54, 1.807) is 13.8 Å². The lowest BCUT2D eigenvalue weighted by Gasteiger charge is -2.03. The van der Waals surface area contributed by atoms with Crippen LogP contribution in [-0.4, -0.2) is 37.4 Å². The summed E-state index contributed by atoms with van der Waals surface area (Å²) in [5, 5.41) is 11.7. The molecule has 0 unspecified atom stereocenters. The van der Waals surface area contributed by atoms with E-state index in [1.165, 1.54) is 10.6 Å². The van der Waals surface area contributed by atoms with Gasteiger partial charge in [-0.15, -0.1) is 15.3 Å². The first-order valence-electron chi connectivity index (χ1n) is 4.98. The van der Waals surface area contributed by atoms with Gasteiger partial charge < -0.3 is 4.74 Å². The van der Waals surface area contributed by atoms with Crippen LogP contribution in [0.4, 0.5) is 0 Å². The van der Waals surface area contributed by atoms with Crippen molar-refractivity contribution in [3.63, 3.8) is 0 Å². The number of nitrogens with zero attached hydrogens (tertiary/aromatic N) is 5. The Labute approximate surface area is 97.1 Å². The van der Waals surface area contributed by atoms with Crippen molar-refractivity contribution in [1.82, 2.24) is 24.8 Å². The molecule has 0 N–H and O–H groups in total. The van der Waals surface area contributed by atoms with Gasteiger partial charge >= 0.3 is 5.97 Å². The number of rotatable bonds is 3. The molecule has 0 aromatic carbocycles. The maximum absolute atomic E-state index is 11.6. The van der Waals surface area contributed by atoms with Crippen LogP contribution in [0.15, 0.2) is 12.7 Å². The molecule has 2 aromatic heterocycles. The van der Waals surface area contributed by atoms with Crippen LogP contribution in [0, 0.1) is 13.8 Å². The van der Waals surface area contributed by atoms with Crippen LogP contribution in [0.2, 0.25) is 0 Å². The number of hydrogen-bond acceptors (Lipinski definition) is 6. The van der Waals surface area contributed by atoms with Crippen molar-refractivity contribution in [3.8, 4) is 0 Å². The number of fused-ring (bicyclic) bond motifs is 1. The molecule has 0 aliphatic heterocycles. The van der Waals surface area contributed by atoms with Crippen LogP contribution < -0.4 is 0 Å². The molecule has 2 aromatic rings. The molecule has 2 heterocycles. The number of carbonyl (C=O) groups excluding carboxylic acids is 1. The molecule has 0 saturated heterocycles. The van der Waals surface area contributed by atoms with Crippen LogP contribution in [0.25, 0.3) is 5.78 Å². The highest BCUT2D eigenvalue weighted by Gasteiger charge is 2.17. The topological polar surface area (TPSA) is 82.3 Å². The Balaban J connectivity index is 2.44. The van der Waals surface area contributed by atoms with Gasteiger partial charge in [0.1, 0.15) is 12.4 Å². The van der Waals surface area contributed by atoms with Gasteiger partial charge in [0.15, 0.2) is 5.69 Å². The van der Waals surface area contributed by atoms with Gasteiger partial charge in [-0.05, 0) is 13.8 Å². The number of carbonyl (C=O) groups is 1. The fourth-order valence-electron chi connectivity index (χ4n) is 1.35. The summed E-state index contributed by atoms with van der Waals surface area (Å²) in [6.07, 6.45) is 1.48. The van der Waals surface area contributed by atoms with Gasteiger partial charge in [0.2, 0.25) is 0 Å². The molecule has 7 heteroatoms. The minimum Gasteiger partial charge on any atom is -0.457 e. The quantitative estimate of drug-likeness (QED) is 0.566. The molecule has 2 rings (SSSR count). The van der Waals surface area contributed by atoms with E-state index < -0.39 is 5.97 Å². The van der Waals surface area contributed by atoms with Gasteiger partial charge in [0.25, 0.3) is 5.78 Å². The number of aromatic nitrogens is 5. The Morgan fingerprint density at radius 2 is 2.24 bits per heavy atom. The van der Waals surface area contributed by atoms with E-state index in [4.69, 9.17) is 4.74 Å². The molecule has 0 fully saturated rings. The normalized spacial score (nSPS) is 10.5. The first kappa shape index (κ1) is 11.2. The van der Waals surface area contributed by atoms with Gasteiger partial charge in [-0.2, -0.15) is 9.50 Å². The van der Waals surface area contributed by atoms with Crippen molar-refractivity contribution >= 4 is 11.7 Å². The van der Waals surface area contributed by atoms with E-state index in [0.29, 0.717) is 17.3 Å². The van der Waals surface area contributed by atoms with Crippen molar-refractivity contribution in [2.24, 2.45) is 0 Å². The van der Waals surface area contributed by atoms with Crippen molar-refractivity contribution in [1.29, 1.82) is 0 Å². The summed E-state index contributed by atoms with van der Waals surface area (Å²) in [5.74, 6) is 0.379. The third-order valence-corrected chi connectivity index (χ3v) is 2.12. The molecule has 0 spiro atoms. The minimum absolute atomic E-state index is 0.129. The van der Waals surface area contributed by atoms with Crippen molar-refractivity contribution in [2.75, 3.05) is 6.61 Å². The molecule has 0 atom stereocenters. The van der Waals surface area contributed by atoms with Gasteiger partial charge in [-0.3, -0.25) is 0 Å². The zero-order chi connectivity index (χ0) is 12.4. The molecule has 0 aliphatic carbocycles. The highest BCUT2D eigenvalue weighted by molar-refractivity contribution is 5.88. The van der Waals surface area contributed by atoms with E-state index in [0.717, 1.165) is 0 Å². The van der Waals surface area contributed by atoms with Gasteiger partial charge in [-0.1, -0.05) is 12.7 Å². The van der Waals surface area contributed by atoms with Crippen molar-refractivity contribution < 1.29 is 9.53 Å². The Hall–Kier alpha value is -2.31. The Morgan fingerprint density at radius 1 is 1.47 bits per heavy atom. The second-order valence-electron chi connectivity index (χ2n) is 3.39. The summed E-state index contributed by atoms with van der Waals surface area (Å²) in [6.45, 7) is 7.04. The maximum Gasteiger partial charge on any atom is 0.361 e. The predicted molar refractivity (Wildman–Crippen MR) is 58.5 cm³/mol. The zero-order valence-electron chi connectivity index (χ0n) is 9.54. The average Bonchev–Trinajstić information content (AvgIpc) is 2.68. The van der Waals surface area contributed by atoms with Crippen LogP contribution in [0.5, 0.6) is 0 Å². The van der Waals surface area contributed by atoms with E-state index in [-0.39, 0.29) is 12.3 Å². The summed E-state index contributed by atoms with van der Waals surface area (Å²) >= 11 is 0. The summed E-state index contributed by atoms with van der Waals surface area (Å²) in [6, 6.07) is 0. The summed E-state index contributed by atoms with van der Waals surface area (Å²) in [5.41, 5.74) is 0.675. The van der Waals surface area contributed by atoms with Crippen LogP contribution >= 0.6 is 0 Å². The third kappa shape index (κ3) is 1.99. The predicted octanol–water partition coefficient (Wildman–Crippen LogP) is 0.479. The number of hydrogen-bond donors (Lipinski definition) is 0. The van der Waals surface area contributed by atoms with E-state index >= 15 is 0 Å². The summed E-state index contributed by atoms with van der Waals surface area (Å²) < 4.78 is 6.36.